The van der Waals surface area contributed by atoms with E-state index in [1.54, 1.807) is 18.2 Å². The highest BCUT2D eigenvalue weighted by atomic mass is 16.5. The summed E-state index contributed by atoms with van der Waals surface area (Å²) in [5.74, 6) is -1.40. The number of primary amides is 1. The molecule has 0 fully saturated rings. The molecule has 0 heterocycles. The minimum Gasteiger partial charge on any atom is -0.493 e. The number of carbonyl (C=O) groups is 2. The van der Waals surface area contributed by atoms with Crippen LogP contribution in [0, 0.1) is 0 Å². The van der Waals surface area contributed by atoms with Gasteiger partial charge in [0.2, 0.25) is 0 Å². The Morgan fingerprint density at radius 3 is 2.82 bits per heavy atom. The number of para-hydroxylation sites is 1. The lowest BCUT2D eigenvalue weighted by atomic mass is 10.2. The molecule has 0 aromatic heterocycles. The fourth-order valence-corrected chi connectivity index (χ4v) is 1.09. The van der Waals surface area contributed by atoms with Gasteiger partial charge < -0.3 is 10.5 Å². The van der Waals surface area contributed by atoms with E-state index in [-0.39, 0.29) is 0 Å². The Balaban J connectivity index is 2.70. The molecule has 17 heavy (non-hydrogen) atoms. The number of ether oxygens (including phenoxy) is 1. The average Bonchev–Trinajstić information content (AvgIpc) is 2.31. The van der Waals surface area contributed by atoms with Crippen LogP contribution in [0.15, 0.2) is 29.4 Å². The van der Waals surface area contributed by atoms with Crippen molar-refractivity contribution in [2.24, 2.45) is 10.8 Å². The minimum atomic E-state index is -1.08. The van der Waals surface area contributed by atoms with Crippen molar-refractivity contribution in [1.29, 1.82) is 0 Å². The van der Waals surface area contributed by atoms with Crippen molar-refractivity contribution in [1.82, 2.24) is 5.43 Å². The van der Waals surface area contributed by atoms with Crippen LogP contribution in [0.5, 0.6) is 5.75 Å². The third-order valence-corrected chi connectivity index (χ3v) is 1.81. The van der Waals surface area contributed by atoms with Gasteiger partial charge in [0.25, 0.3) is 0 Å². The largest absolute Gasteiger partial charge is 0.493 e. The molecule has 0 saturated heterocycles. The van der Waals surface area contributed by atoms with E-state index in [0.717, 1.165) is 0 Å². The molecule has 0 unspecified atom stereocenters. The first-order valence-corrected chi connectivity index (χ1v) is 4.99. The number of benzene rings is 1. The zero-order chi connectivity index (χ0) is 12.7. The van der Waals surface area contributed by atoms with Gasteiger partial charge in [0, 0.05) is 5.56 Å². The minimum absolute atomic E-state index is 0.526. The molecule has 90 valence electrons. The van der Waals surface area contributed by atoms with E-state index >= 15 is 0 Å². The molecule has 6 heteroatoms. The highest BCUT2D eigenvalue weighted by Gasteiger charge is 2.05. The zero-order valence-electron chi connectivity index (χ0n) is 9.34. The van der Waals surface area contributed by atoms with Crippen LogP contribution < -0.4 is 15.9 Å². The number of hydrogen-bond donors (Lipinski definition) is 2. The van der Waals surface area contributed by atoms with Gasteiger partial charge in [-0.25, -0.2) is 5.43 Å². The number of nitrogens with one attached hydrogen (secondary N) is 1. The average molecular weight is 235 g/mol. The van der Waals surface area contributed by atoms with Gasteiger partial charge in [-0.2, -0.15) is 5.10 Å². The monoisotopic (exact) mass is 235 g/mol. The molecule has 2 amide bonds. The summed E-state index contributed by atoms with van der Waals surface area (Å²) in [4.78, 5) is 21.2. The van der Waals surface area contributed by atoms with Crippen molar-refractivity contribution >= 4 is 18.0 Å². The number of nitrogens with zero attached hydrogens (tertiary/aromatic N) is 1. The molecule has 0 bridgehead atoms. The van der Waals surface area contributed by atoms with Gasteiger partial charge in [-0.05, 0) is 19.1 Å². The topological polar surface area (TPSA) is 93.8 Å². The fourth-order valence-electron chi connectivity index (χ4n) is 1.09. The summed E-state index contributed by atoms with van der Waals surface area (Å²) in [6.45, 7) is 2.39. The van der Waals surface area contributed by atoms with Crippen LogP contribution >= 0.6 is 0 Å². The van der Waals surface area contributed by atoms with E-state index in [2.05, 4.69) is 5.10 Å². The maximum Gasteiger partial charge on any atom is 0.329 e. The Bertz CT molecular complexity index is 443. The molecule has 0 saturated carbocycles. The summed E-state index contributed by atoms with van der Waals surface area (Å²) in [5.41, 5.74) is 7.44. The normalized spacial score (nSPS) is 10.2. The number of carbonyl (C=O) groups excluding carboxylic acids is 2. The summed E-state index contributed by atoms with van der Waals surface area (Å²) in [6.07, 6.45) is 1.38. The number of hydrazone groups is 1. The molecule has 0 aliphatic rings. The van der Waals surface area contributed by atoms with Crippen molar-refractivity contribution < 1.29 is 14.3 Å². The van der Waals surface area contributed by atoms with E-state index in [1.165, 1.54) is 6.21 Å². The molecule has 1 aromatic rings. The van der Waals surface area contributed by atoms with Crippen molar-refractivity contribution in [3.8, 4) is 5.75 Å². The first kappa shape index (κ1) is 12.7. The molecule has 0 atom stereocenters. The Hall–Kier alpha value is -2.37. The molecular weight excluding hydrogens is 222 g/mol. The predicted molar refractivity (Wildman–Crippen MR) is 62.5 cm³/mol. The smallest absolute Gasteiger partial charge is 0.329 e. The number of amides is 2. The molecular formula is C11H13N3O3. The van der Waals surface area contributed by atoms with Gasteiger partial charge >= 0.3 is 11.8 Å². The first-order valence-electron chi connectivity index (χ1n) is 4.99. The molecule has 0 aliphatic carbocycles. The summed E-state index contributed by atoms with van der Waals surface area (Å²) in [5, 5.41) is 3.60. The van der Waals surface area contributed by atoms with Crippen LogP contribution in [0.3, 0.4) is 0 Å². The Kier molecular flexibility index (Phi) is 4.68. The summed E-state index contributed by atoms with van der Waals surface area (Å²) >= 11 is 0. The third-order valence-electron chi connectivity index (χ3n) is 1.81. The molecule has 1 aromatic carbocycles. The second-order valence-corrected chi connectivity index (χ2v) is 3.03. The van der Waals surface area contributed by atoms with Gasteiger partial charge in [0.05, 0.1) is 12.8 Å². The quantitative estimate of drug-likeness (QED) is 0.437. The standard InChI is InChI=1S/C11H13N3O3/c1-2-17-9-6-4-3-5-8(9)7-13-14-11(16)10(12)15/h3-7H,2H2,1H3,(H2,12,15)(H,14,16)/b13-7+. The summed E-state index contributed by atoms with van der Waals surface area (Å²) < 4.78 is 5.35. The zero-order valence-corrected chi connectivity index (χ0v) is 9.34. The highest BCUT2D eigenvalue weighted by molar-refractivity contribution is 6.34. The van der Waals surface area contributed by atoms with Crippen molar-refractivity contribution in [3.63, 3.8) is 0 Å². The lowest BCUT2D eigenvalue weighted by Crippen LogP contribution is -2.32. The van der Waals surface area contributed by atoms with Crippen molar-refractivity contribution in [3.05, 3.63) is 29.8 Å². The molecule has 1 rings (SSSR count). The van der Waals surface area contributed by atoms with Crippen molar-refractivity contribution in [2.45, 2.75) is 6.92 Å². The predicted octanol–water partition coefficient (Wildman–Crippen LogP) is 0.0207. The van der Waals surface area contributed by atoms with Crippen LogP contribution in [0.2, 0.25) is 0 Å². The second-order valence-electron chi connectivity index (χ2n) is 3.03. The van der Waals surface area contributed by atoms with E-state index < -0.39 is 11.8 Å². The van der Waals surface area contributed by atoms with Crippen LogP contribution in [-0.4, -0.2) is 24.6 Å². The molecule has 0 spiro atoms. The lowest BCUT2D eigenvalue weighted by Gasteiger charge is -2.05. The van der Waals surface area contributed by atoms with Gasteiger partial charge in [0.1, 0.15) is 5.75 Å². The van der Waals surface area contributed by atoms with Crippen LogP contribution in [0.1, 0.15) is 12.5 Å². The van der Waals surface area contributed by atoms with Gasteiger partial charge in [-0.15, -0.1) is 0 Å². The maximum atomic E-state index is 10.8. The Morgan fingerprint density at radius 2 is 2.18 bits per heavy atom. The van der Waals surface area contributed by atoms with Gasteiger partial charge in [-0.3, -0.25) is 9.59 Å². The number of hydrogen-bond acceptors (Lipinski definition) is 4. The van der Waals surface area contributed by atoms with E-state index in [0.29, 0.717) is 17.9 Å². The SMILES string of the molecule is CCOc1ccccc1/C=N/NC(=O)C(N)=O. The maximum absolute atomic E-state index is 10.8. The first-order chi connectivity index (χ1) is 8.15. The Labute approximate surface area is 98.4 Å². The van der Waals surface area contributed by atoms with E-state index in [4.69, 9.17) is 10.5 Å². The van der Waals surface area contributed by atoms with Crippen LogP contribution in [-0.2, 0) is 9.59 Å². The van der Waals surface area contributed by atoms with Gasteiger partial charge in [-0.1, -0.05) is 12.1 Å². The number of rotatable bonds is 4. The Morgan fingerprint density at radius 1 is 1.47 bits per heavy atom. The molecule has 0 radical (unpaired) electrons. The summed E-state index contributed by atoms with van der Waals surface area (Å²) in [6, 6.07) is 7.18. The highest BCUT2D eigenvalue weighted by Crippen LogP contribution is 2.15. The summed E-state index contributed by atoms with van der Waals surface area (Å²) in [7, 11) is 0. The van der Waals surface area contributed by atoms with Crippen LogP contribution in [0.4, 0.5) is 0 Å². The van der Waals surface area contributed by atoms with E-state index in [1.807, 2.05) is 18.4 Å². The molecule has 6 nitrogen and oxygen atoms in total. The lowest BCUT2D eigenvalue weighted by molar-refractivity contribution is -0.137. The van der Waals surface area contributed by atoms with Crippen molar-refractivity contribution in [2.75, 3.05) is 6.61 Å². The van der Waals surface area contributed by atoms with Crippen LogP contribution in [0.25, 0.3) is 0 Å². The van der Waals surface area contributed by atoms with Gasteiger partial charge in [0.15, 0.2) is 0 Å². The third kappa shape index (κ3) is 3.94. The fraction of sp³-hybridized carbons (Fsp3) is 0.182. The van der Waals surface area contributed by atoms with E-state index in [9.17, 15) is 9.59 Å². The number of nitrogens with two attached hydrogens (primary N) is 1. The molecule has 3 N–H and O–H groups in total. The molecule has 0 aliphatic heterocycles. The second kappa shape index (κ2) is 6.26.